The summed E-state index contributed by atoms with van der Waals surface area (Å²) in [6, 6.07) is 11.3. The van der Waals surface area contributed by atoms with E-state index < -0.39 is 0 Å². The van der Waals surface area contributed by atoms with Gasteiger partial charge >= 0.3 is 0 Å². The molecule has 4 aromatic rings. The van der Waals surface area contributed by atoms with Gasteiger partial charge in [0.1, 0.15) is 17.3 Å². The van der Waals surface area contributed by atoms with Crippen LogP contribution in [0.2, 0.25) is 0 Å². The molecule has 0 atom stereocenters. The van der Waals surface area contributed by atoms with E-state index in [9.17, 15) is 9.18 Å². The second-order valence-electron chi connectivity index (χ2n) is 6.85. The van der Waals surface area contributed by atoms with Crippen LogP contribution in [0, 0.1) is 5.82 Å². The average molecular weight is 377 g/mol. The molecule has 1 aliphatic rings. The number of halogens is 1. The van der Waals surface area contributed by atoms with Gasteiger partial charge in [0, 0.05) is 17.2 Å². The van der Waals surface area contributed by atoms with Crippen LogP contribution in [-0.2, 0) is 6.54 Å². The number of furan rings is 1. The first-order chi connectivity index (χ1) is 13.7. The minimum atomic E-state index is -0.345. The average Bonchev–Trinajstić information content (AvgIpc) is 3.26. The number of hydrogen-bond donors (Lipinski definition) is 1. The summed E-state index contributed by atoms with van der Waals surface area (Å²) in [4.78, 5) is 17.5. The molecule has 5 rings (SSSR count). The SMILES string of the molecule is O=C(NCc1ccco1)c1cc(C2CC2)nc2onc(-c3ccc(F)cc3)c12. The monoisotopic (exact) mass is 377 g/mol. The van der Waals surface area contributed by atoms with Crippen molar-refractivity contribution in [2.24, 2.45) is 0 Å². The smallest absolute Gasteiger partial charge is 0.259 e. The number of fused-ring (bicyclic) bond motifs is 1. The van der Waals surface area contributed by atoms with Gasteiger partial charge in [-0.1, -0.05) is 5.16 Å². The molecule has 0 unspecified atom stereocenters. The molecule has 1 saturated carbocycles. The van der Waals surface area contributed by atoms with Crippen LogP contribution in [-0.4, -0.2) is 16.0 Å². The molecule has 3 aromatic heterocycles. The fourth-order valence-corrected chi connectivity index (χ4v) is 3.22. The molecule has 0 aliphatic heterocycles. The maximum absolute atomic E-state index is 13.3. The number of amides is 1. The maximum atomic E-state index is 13.3. The van der Waals surface area contributed by atoms with Gasteiger partial charge in [0.05, 0.1) is 23.8 Å². The summed E-state index contributed by atoms with van der Waals surface area (Å²) in [5.74, 6) is 0.393. The summed E-state index contributed by atoms with van der Waals surface area (Å²) in [7, 11) is 0. The number of rotatable bonds is 5. The number of nitrogens with one attached hydrogen (secondary N) is 1. The predicted molar refractivity (Wildman–Crippen MR) is 99.1 cm³/mol. The topological polar surface area (TPSA) is 81.2 Å². The molecule has 28 heavy (non-hydrogen) atoms. The van der Waals surface area contributed by atoms with Crippen LogP contribution in [0.15, 0.2) is 57.7 Å². The number of carbonyl (C=O) groups is 1. The molecule has 1 aromatic carbocycles. The van der Waals surface area contributed by atoms with E-state index in [1.165, 1.54) is 12.1 Å². The van der Waals surface area contributed by atoms with Gasteiger partial charge in [-0.15, -0.1) is 0 Å². The van der Waals surface area contributed by atoms with Gasteiger partial charge in [-0.3, -0.25) is 4.79 Å². The minimum absolute atomic E-state index is 0.266. The number of nitrogens with zero attached hydrogens (tertiary/aromatic N) is 2. The Balaban J connectivity index is 1.59. The van der Waals surface area contributed by atoms with Crippen molar-refractivity contribution >= 4 is 17.0 Å². The fourth-order valence-electron chi connectivity index (χ4n) is 3.22. The number of pyridine rings is 1. The Bertz CT molecular complexity index is 1150. The molecule has 0 bridgehead atoms. The highest BCUT2D eigenvalue weighted by molar-refractivity contribution is 6.09. The van der Waals surface area contributed by atoms with Crippen LogP contribution in [0.25, 0.3) is 22.4 Å². The van der Waals surface area contributed by atoms with Gasteiger partial charge in [-0.25, -0.2) is 9.37 Å². The molecule has 1 aliphatic carbocycles. The van der Waals surface area contributed by atoms with Crippen molar-refractivity contribution < 1.29 is 18.1 Å². The van der Waals surface area contributed by atoms with E-state index in [0.717, 1.165) is 18.5 Å². The van der Waals surface area contributed by atoms with Crippen molar-refractivity contribution in [2.45, 2.75) is 25.3 Å². The van der Waals surface area contributed by atoms with E-state index in [4.69, 9.17) is 8.94 Å². The lowest BCUT2D eigenvalue weighted by Crippen LogP contribution is -2.23. The van der Waals surface area contributed by atoms with E-state index in [-0.39, 0.29) is 18.3 Å². The number of benzene rings is 1. The summed E-state index contributed by atoms with van der Waals surface area (Å²) in [6.45, 7) is 0.269. The first kappa shape index (κ1) is 16.7. The molecule has 3 heterocycles. The van der Waals surface area contributed by atoms with Crippen molar-refractivity contribution in [1.29, 1.82) is 0 Å². The second kappa shape index (κ2) is 6.60. The molecule has 1 N–H and O–H groups in total. The molecule has 7 heteroatoms. The Morgan fingerprint density at radius 1 is 1.21 bits per heavy atom. The van der Waals surface area contributed by atoms with Gasteiger partial charge in [-0.05, 0) is 55.3 Å². The number of aromatic nitrogens is 2. The lowest BCUT2D eigenvalue weighted by molar-refractivity contribution is 0.0949. The lowest BCUT2D eigenvalue weighted by atomic mass is 10.0. The van der Waals surface area contributed by atoms with E-state index >= 15 is 0 Å². The fraction of sp³-hybridized carbons (Fsp3) is 0.190. The van der Waals surface area contributed by atoms with Crippen molar-refractivity contribution in [2.75, 3.05) is 0 Å². The van der Waals surface area contributed by atoms with E-state index in [1.54, 1.807) is 30.5 Å². The Hall–Kier alpha value is -3.48. The summed E-state index contributed by atoms with van der Waals surface area (Å²) >= 11 is 0. The summed E-state index contributed by atoms with van der Waals surface area (Å²) < 4.78 is 24.0. The highest BCUT2D eigenvalue weighted by Gasteiger charge is 2.29. The van der Waals surface area contributed by atoms with Gasteiger partial charge in [0.25, 0.3) is 11.6 Å². The predicted octanol–water partition coefficient (Wildman–Crippen LogP) is 4.43. The lowest BCUT2D eigenvalue weighted by Gasteiger charge is -2.07. The first-order valence-corrected chi connectivity index (χ1v) is 9.06. The molecule has 1 amide bonds. The Morgan fingerprint density at radius 3 is 2.75 bits per heavy atom. The van der Waals surface area contributed by atoms with Crippen molar-refractivity contribution in [3.63, 3.8) is 0 Å². The van der Waals surface area contributed by atoms with Gasteiger partial charge in [0.2, 0.25) is 0 Å². The van der Waals surface area contributed by atoms with Gasteiger partial charge in [-0.2, -0.15) is 0 Å². The molecule has 6 nitrogen and oxygen atoms in total. The highest BCUT2D eigenvalue weighted by atomic mass is 19.1. The largest absolute Gasteiger partial charge is 0.467 e. The van der Waals surface area contributed by atoms with Crippen LogP contribution in [0.4, 0.5) is 4.39 Å². The standard InChI is InChI=1S/C21H16FN3O3/c22-14-7-5-13(6-8-14)19-18-16(20(26)23-11-15-2-1-9-27-15)10-17(12-3-4-12)24-21(18)28-25-19/h1-2,5-10,12H,3-4,11H2,(H,23,26). The Kier molecular flexibility index (Phi) is 3.93. The zero-order valence-corrected chi connectivity index (χ0v) is 14.8. The van der Waals surface area contributed by atoms with Crippen LogP contribution in [0.5, 0.6) is 0 Å². The Morgan fingerprint density at radius 2 is 2.04 bits per heavy atom. The van der Waals surface area contributed by atoms with E-state index in [0.29, 0.717) is 39.6 Å². The summed E-state index contributed by atoms with van der Waals surface area (Å²) in [6.07, 6.45) is 3.65. The van der Waals surface area contributed by atoms with Crippen LogP contribution in [0.3, 0.4) is 0 Å². The van der Waals surface area contributed by atoms with Crippen molar-refractivity contribution in [3.8, 4) is 11.3 Å². The van der Waals surface area contributed by atoms with Crippen molar-refractivity contribution in [1.82, 2.24) is 15.5 Å². The Labute approximate surface area is 159 Å². The van der Waals surface area contributed by atoms with Crippen LogP contribution < -0.4 is 5.32 Å². The third-order valence-electron chi connectivity index (χ3n) is 4.83. The zero-order chi connectivity index (χ0) is 19.1. The van der Waals surface area contributed by atoms with E-state index in [2.05, 4.69) is 15.5 Å². The van der Waals surface area contributed by atoms with Crippen LogP contribution >= 0.6 is 0 Å². The third kappa shape index (κ3) is 3.05. The first-order valence-electron chi connectivity index (χ1n) is 9.06. The highest BCUT2D eigenvalue weighted by Crippen LogP contribution is 2.41. The number of carbonyl (C=O) groups excluding carboxylic acids is 1. The molecule has 140 valence electrons. The quantitative estimate of drug-likeness (QED) is 0.556. The molecule has 0 spiro atoms. The van der Waals surface area contributed by atoms with E-state index in [1.807, 2.05) is 6.07 Å². The minimum Gasteiger partial charge on any atom is -0.467 e. The molecule has 0 saturated heterocycles. The zero-order valence-electron chi connectivity index (χ0n) is 14.8. The number of hydrogen-bond acceptors (Lipinski definition) is 5. The second-order valence-corrected chi connectivity index (χ2v) is 6.85. The summed E-state index contributed by atoms with van der Waals surface area (Å²) in [5.41, 5.74) is 2.71. The molecular formula is C21H16FN3O3. The molecule has 0 radical (unpaired) electrons. The summed E-state index contributed by atoms with van der Waals surface area (Å²) in [5, 5.41) is 7.50. The van der Waals surface area contributed by atoms with Gasteiger partial charge in [0.15, 0.2) is 0 Å². The van der Waals surface area contributed by atoms with Gasteiger partial charge < -0.3 is 14.3 Å². The molecule has 1 fully saturated rings. The maximum Gasteiger partial charge on any atom is 0.259 e. The van der Waals surface area contributed by atoms with Crippen LogP contribution in [0.1, 0.15) is 40.6 Å². The molecular weight excluding hydrogens is 361 g/mol. The van der Waals surface area contributed by atoms with Crippen molar-refractivity contribution in [3.05, 3.63) is 71.6 Å². The third-order valence-corrected chi connectivity index (χ3v) is 4.83. The normalized spacial score (nSPS) is 13.8.